The molecule has 3 aromatic carbocycles. The molecule has 1 aliphatic heterocycles. The molecule has 1 fully saturated rings. The number of benzene rings is 3. The van der Waals surface area contributed by atoms with Gasteiger partial charge in [-0.3, -0.25) is 9.69 Å². The van der Waals surface area contributed by atoms with Crippen LogP contribution in [0.2, 0.25) is 5.02 Å². The Hall–Kier alpha value is -3.18. The molecule has 1 aliphatic carbocycles. The highest BCUT2D eigenvalue weighted by Crippen LogP contribution is 2.48. The minimum atomic E-state index is -1.35. The summed E-state index contributed by atoms with van der Waals surface area (Å²) in [5.41, 5.74) is 4.67. The third-order valence-corrected chi connectivity index (χ3v) is 6.78. The molecule has 0 aromatic heterocycles. The lowest BCUT2D eigenvalue weighted by Crippen LogP contribution is -2.25. The molecule has 0 saturated heterocycles. The molecular weight excluding hydrogens is 429 g/mol. The van der Waals surface area contributed by atoms with Crippen LogP contribution in [0.5, 0.6) is 0 Å². The van der Waals surface area contributed by atoms with Crippen LogP contribution in [0.4, 0.5) is 15.8 Å². The lowest BCUT2D eigenvalue weighted by molar-refractivity contribution is -0.118. The first-order valence-corrected chi connectivity index (χ1v) is 11.0. The second kappa shape index (κ2) is 7.75. The Bertz CT molecular complexity index is 1270. The van der Waals surface area contributed by atoms with Crippen LogP contribution in [0.1, 0.15) is 57.3 Å². The molecule has 1 heterocycles. The van der Waals surface area contributed by atoms with Crippen molar-refractivity contribution in [3.8, 4) is 0 Å². The maximum absolute atomic E-state index is 14.4. The first-order chi connectivity index (χ1) is 15.4. The second-order valence-corrected chi connectivity index (χ2v) is 8.90. The number of amides is 1. The Balaban J connectivity index is 1.59. The molecule has 1 unspecified atom stereocenters. The molecule has 1 N–H and O–H groups in total. The summed E-state index contributed by atoms with van der Waals surface area (Å²) in [6.45, 7) is 1.96. The first-order valence-electron chi connectivity index (χ1n) is 10.6. The Morgan fingerprint density at radius 3 is 2.59 bits per heavy atom. The molecule has 2 aliphatic rings. The van der Waals surface area contributed by atoms with E-state index in [4.69, 9.17) is 16.7 Å². The van der Waals surface area contributed by atoms with Crippen molar-refractivity contribution < 1.29 is 19.1 Å². The van der Waals surface area contributed by atoms with Gasteiger partial charge in [-0.2, -0.15) is 0 Å². The highest BCUT2D eigenvalue weighted by molar-refractivity contribution is 6.31. The SMILES string of the molecule is Cc1cccc2c1C(Cc1c(Cl)cccc1C1CC1)C(=O)N2c1ccc(C(=O)O)c(F)c1. The van der Waals surface area contributed by atoms with Gasteiger partial charge in [-0.15, -0.1) is 0 Å². The average Bonchev–Trinajstić information content (AvgIpc) is 3.54. The lowest BCUT2D eigenvalue weighted by Gasteiger charge is -2.19. The van der Waals surface area contributed by atoms with Gasteiger partial charge in [0.2, 0.25) is 5.91 Å². The fourth-order valence-corrected chi connectivity index (χ4v) is 5.01. The summed E-state index contributed by atoms with van der Waals surface area (Å²) in [7, 11) is 0. The van der Waals surface area contributed by atoms with Crippen LogP contribution in [0.25, 0.3) is 0 Å². The van der Waals surface area contributed by atoms with Crippen LogP contribution in [-0.2, 0) is 11.2 Å². The van der Waals surface area contributed by atoms with Crippen molar-refractivity contribution in [3.63, 3.8) is 0 Å². The normalized spacial score (nSPS) is 17.5. The van der Waals surface area contributed by atoms with Gasteiger partial charge < -0.3 is 5.11 Å². The molecule has 0 radical (unpaired) electrons. The fraction of sp³-hybridized carbons (Fsp3) is 0.231. The summed E-state index contributed by atoms with van der Waals surface area (Å²) in [4.78, 5) is 26.4. The van der Waals surface area contributed by atoms with Gasteiger partial charge in [0.15, 0.2) is 0 Å². The maximum atomic E-state index is 14.4. The van der Waals surface area contributed by atoms with E-state index in [1.165, 1.54) is 22.6 Å². The minimum Gasteiger partial charge on any atom is -0.478 e. The zero-order valence-electron chi connectivity index (χ0n) is 17.4. The minimum absolute atomic E-state index is 0.168. The van der Waals surface area contributed by atoms with Crippen molar-refractivity contribution in [2.24, 2.45) is 0 Å². The fourth-order valence-electron chi connectivity index (χ4n) is 4.76. The number of aryl methyl sites for hydroxylation is 1. The van der Waals surface area contributed by atoms with Crippen molar-refractivity contribution in [3.05, 3.63) is 93.3 Å². The quantitative estimate of drug-likeness (QED) is 0.492. The smallest absolute Gasteiger partial charge is 0.338 e. The monoisotopic (exact) mass is 449 g/mol. The van der Waals surface area contributed by atoms with Gasteiger partial charge in [0.05, 0.1) is 22.9 Å². The van der Waals surface area contributed by atoms with Gasteiger partial charge >= 0.3 is 5.97 Å². The lowest BCUT2D eigenvalue weighted by atomic mass is 9.87. The van der Waals surface area contributed by atoms with Gasteiger partial charge in [0.1, 0.15) is 5.82 Å². The number of nitrogens with zero attached hydrogens (tertiary/aromatic N) is 1. The highest BCUT2D eigenvalue weighted by Gasteiger charge is 2.40. The first kappa shape index (κ1) is 20.7. The summed E-state index contributed by atoms with van der Waals surface area (Å²) in [5, 5.41) is 9.80. The molecular formula is C26H21ClFNO3. The zero-order chi connectivity index (χ0) is 22.6. The standard InChI is InChI=1S/C26H21ClFNO3/c1-14-4-2-7-23-24(14)20(13-19-17(15-8-9-15)5-3-6-21(19)27)25(30)29(23)16-10-11-18(26(31)32)22(28)12-16/h2-7,10-12,15,20H,8-9,13H2,1H3,(H,31,32). The molecule has 4 nitrogen and oxygen atoms in total. The molecule has 162 valence electrons. The molecule has 1 atom stereocenters. The van der Waals surface area contributed by atoms with E-state index in [1.54, 1.807) is 0 Å². The molecule has 32 heavy (non-hydrogen) atoms. The topological polar surface area (TPSA) is 57.6 Å². The maximum Gasteiger partial charge on any atom is 0.338 e. The number of aromatic carboxylic acids is 1. The van der Waals surface area contributed by atoms with Gasteiger partial charge in [0.25, 0.3) is 0 Å². The van der Waals surface area contributed by atoms with E-state index < -0.39 is 23.3 Å². The van der Waals surface area contributed by atoms with Crippen LogP contribution >= 0.6 is 11.6 Å². The summed E-state index contributed by atoms with van der Waals surface area (Å²) in [5.74, 6) is -2.35. The zero-order valence-corrected chi connectivity index (χ0v) is 18.2. The number of hydrogen-bond donors (Lipinski definition) is 1. The third-order valence-electron chi connectivity index (χ3n) is 6.43. The van der Waals surface area contributed by atoms with Crippen LogP contribution in [-0.4, -0.2) is 17.0 Å². The number of carbonyl (C=O) groups is 2. The number of halogens is 2. The van der Waals surface area contributed by atoms with Gasteiger partial charge in [-0.05, 0) is 84.7 Å². The number of fused-ring (bicyclic) bond motifs is 1. The Morgan fingerprint density at radius 2 is 1.91 bits per heavy atom. The summed E-state index contributed by atoms with van der Waals surface area (Å²) < 4.78 is 14.4. The molecule has 0 spiro atoms. The van der Waals surface area contributed by atoms with Crippen molar-refractivity contribution in [2.45, 2.75) is 38.0 Å². The van der Waals surface area contributed by atoms with E-state index in [2.05, 4.69) is 6.07 Å². The van der Waals surface area contributed by atoms with Crippen LogP contribution in [0.3, 0.4) is 0 Å². The van der Waals surface area contributed by atoms with E-state index >= 15 is 0 Å². The number of hydrogen-bond acceptors (Lipinski definition) is 2. The number of rotatable bonds is 5. The number of carbonyl (C=O) groups excluding carboxylic acids is 1. The predicted molar refractivity (Wildman–Crippen MR) is 122 cm³/mol. The average molecular weight is 450 g/mol. The molecule has 5 rings (SSSR count). The molecule has 1 amide bonds. The number of carboxylic acids is 1. The van der Waals surface area contributed by atoms with E-state index in [0.717, 1.165) is 35.6 Å². The largest absolute Gasteiger partial charge is 0.478 e. The Morgan fingerprint density at radius 1 is 1.16 bits per heavy atom. The molecule has 3 aromatic rings. The van der Waals surface area contributed by atoms with Crippen molar-refractivity contribution >= 4 is 34.9 Å². The van der Waals surface area contributed by atoms with E-state index in [9.17, 15) is 14.0 Å². The molecule has 6 heteroatoms. The molecule has 0 bridgehead atoms. The van der Waals surface area contributed by atoms with Gasteiger partial charge in [-0.1, -0.05) is 35.9 Å². The molecule has 1 saturated carbocycles. The summed E-state index contributed by atoms with van der Waals surface area (Å²) >= 11 is 6.59. The van der Waals surface area contributed by atoms with Crippen LogP contribution < -0.4 is 4.90 Å². The second-order valence-electron chi connectivity index (χ2n) is 8.49. The van der Waals surface area contributed by atoms with E-state index in [0.29, 0.717) is 28.7 Å². The van der Waals surface area contributed by atoms with E-state index in [-0.39, 0.29) is 5.91 Å². The van der Waals surface area contributed by atoms with E-state index in [1.807, 2.05) is 37.3 Å². The summed E-state index contributed by atoms with van der Waals surface area (Å²) in [6.07, 6.45) is 2.72. The van der Waals surface area contributed by atoms with Crippen molar-refractivity contribution in [2.75, 3.05) is 4.90 Å². The predicted octanol–water partition coefficient (Wildman–Crippen LogP) is 6.37. The van der Waals surface area contributed by atoms with Crippen LogP contribution in [0, 0.1) is 12.7 Å². The van der Waals surface area contributed by atoms with Crippen molar-refractivity contribution in [1.82, 2.24) is 0 Å². The van der Waals surface area contributed by atoms with Crippen molar-refractivity contribution in [1.29, 1.82) is 0 Å². The Labute approximate surface area is 190 Å². The van der Waals surface area contributed by atoms with Gasteiger partial charge in [0, 0.05) is 5.02 Å². The van der Waals surface area contributed by atoms with Gasteiger partial charge in [-0.25, -0.2) is 9.18 Å². The Kier molecular flexibility index (Phi) is 5.01. The van der Waals surface area contributed by atoms with Crippen LogP contribution in [0.15, 0.2) is 54.6 Å². The summed E-state index contributed by atoms with van der Waals surface area (Å²) in [6, 6.07) is 15.4. The number of anilines is 2. The third kappa shape index (κ3) is 3.37. The highest BCUT2D eigenvalue weighted by atomic mass is 35.5. The number of carboxylic acid groups (broad SMARTS) is 1.